The number of aromatic nitrogens is 2. The second-order valence-electron chi connectivity index (χ2n) is 3.60. The van der Waals surface area contributed by atoms with E-state index in [-0.39, 0.29) is 5.97 Å². The van der Waals surface area contributed by atoms with Gasteiger partial charge in [0.25, 0.3) is 0 Å². The highest BCUT2D eigenvalue weighted by atomic mass is 16.5. The first-order chi connectivity index (χ1) is 7.29. The van der Waals surface area contributed by atoms with Gasteiger partial charge >= 0.3 is 5.97 Å². The summed E-state index contributed by atoms with van der Waals surface area (Å²) in [6.45, 7) is 2.74. The maximum Gasteiger partial charge on any atom is 0.305 e. The number of aryl methyl sites for hydroxylation is 1. The number of nitrogens with zero attached hydrogens (tertiary/aromatic N) is 2. The molecule has 82 valence electrons. The number of rotatable bonds is 3. The molecule has 0 saturated heterocycles. The summed E-state index contributed by atoms with van der Waals surface area (Å²) in [5.41, 5.74) is 2.17. The molecule has 1 aromatic rings. The van der Waals surface area contributed by atoms with E-state index in [0.717, 1.165) is 25.3 Å². The highest BCUT2D eigenvalue weighted by Crippen LogP contribution is 2.09. The summed E-state index contributed by atoms with van der Waals surface area (Å²) in [5, 5.41) is 7.70. The first-order valence-corrected chi connectivity index (χ1v) is 5.13. The fourth-order valence-corrected chi connectivity index (χ4v) is 1.71. The van der Waals surface area contributed by atoms with Crippen LogP contribution in [0.4, 0.5) is 0 Å². The van der Waals surface area contributed by atoms with Crippen molar-refractivity contribution >= 4 is 5.97 Å². The van der Waals surface area contributed by atoms with Gasteiger partial charge in [-0.05, 0) is 6.07 Å². The number of carbonyl (C=O) groups is 1. The van der Waals surface area contributed by atoms with E-state index in [0.29, 0.717) is 12.8 Å². The molecule has 0 radical (unpaired) electrons. The predicted octanol–water partition coefficient (Wildman–Crippen LogP) is 0.0919. The van der Waals surface area contributed by atoms with Crippen LogP contribution in [0.1, 0.15) is 17.8 Å². The lowest BCUT2D eigenvalue weighted by molar-refractivity contribution is -0.140. The van der Waals surface area contributed by atoms with Gasteiger partial charge in [-0.1, -0.05) is 0 Å². The minimum absolute atomic E-state index is 0.181. The Labute approximate surface area is 88.4 Å². The average molecular weight is 209 g/mol. The molecule has 5 nitrogen and oxygen atoms in total. The zero-order valence-electron chi connectivity index (χ0n) is 8.82. The third-order valence-corrected chi connectivity index (χ3v) is 2.53. The molecule has 15 heavy (non-hydrogen) atoms. The summed E-state index contributed by atoms with van der Waals surface area (Å²) in [5.74, 6) is -0.181. The van der Waals surface area contributed by atoms with Crippen molar-refractivity contribution in [2.45, 2.75) is 25.9 Å². The monoisotopic (exact) mass is 209 g/mol. The number of fused-ring (bicyclic) bond motifs is 1. The first-order valence-electron chi connectivity index (χ1n) is 5.13. The number of ether oxygens (including phenoxy) is 1. The van der Waals surface area contributed by atoms with Crippen LogP contribution < -0.4 is 5.32 Å². The number of nitrogens with one attached hydrogen (secondary N) is 1. The summed E-state index contributed by atoms with van der Waals surface area (Å²) >= 11 is 0. The van der Waals surface area contributed by atoms with Gasteiger partial charge in [-0.15, -0.1) is 0 Å². The molecule has 0 saturated carbocycles. The van der Waals surface area contributed by atoms with E-state index in [1.165, 1.54) is 12.8 Å². The molecule has 5 heteroatoms. The lowest BCUT2D eigenvalue weighted by Gasteiger charge is -2.13. The maximum absolute atomic E-state index is 11.0. The molecule has 0 bridgehead atoms. The normalized spacial score (nSPS) is 14.7. The van der Waals surface area contributed by atoms with Gasteiger partial charge in [0.05, 0.1) is 31.5 Å². The lowest BCUT2D eigenvalue weighted by atomic mass is 10.2. The Bertz CT molecular complexity index is 336. The van der Waals surface area contributed by atoms with E-state index >= 15 is 0 Å². The van der Waals surface area contributed by atoms with Crippen molar-refractivity contribution in [1.29, 1.82) is 0 Å². The molecular weight excluding hydrogens is 194 g/mol. The van der Waals surface area contributed by atoms with E-state index in [2.05, 4.69) is 21.2 Å². The maximum atomic E-state index is 11.0. The van der Waals surface area contributed by atoms with Gasteiger partial charge in [0.15, 0.2) is 0 Å². The SMILES string of the molecule is COC(=O)CCc1cc2n(n1)CCNC2. The molecule has 1 aromatic heterocycles. The molecule has 0 spiro atoms. The largest absolute Gasteiger partial charge is 0.469 e. The smallest absolute Gasteiger partial charge is 0.305 e. The summed E-state index contributed by atoms with van der Waals surface area (Å²) in [4.78, 5) is 11.0. The van der Waals surface area contributed by atoms with Crippen LogP contribution in [0.25, 0.3) is 0 Å². The lowest BCUT2D eigenvalue weighted by Crippen LogP contribution is -2.28. The van der Waals surface area contributed by atoms with Crippen LogP contribution in [0.5, 0.6) is 0 Å². The van der Waals surface area contributed by atoms with Gasteiger partial charge in [0.1, 0.15) is 0 Å². The van der Waals surface area contributed by atoms with Gasteiger partial charge in [-0.2, -0.15) is 5.10 Å². The first kappa shape index (κ1) is 10.2. The van der Waals surface area contributed by atoms with Crippen molar-refractivity contribution in [1.82, 2.24) is 15.1 Å². The molecule has 1 N–H and O–H groups in total. The van der Waals surface area contributed by atoms with Crippen molar-refractivity contribution in [3.8, 4) is 0 Å². The van der Waals surface area contributed by atoms with Crippen molar-refractivity contribution in [3.05, 3.63) is 17.5 Å². The minimum Gasteiger partial charge on any atom is -0.469 e. The van der Waals surface area contributed by atoms with Crippen molar-refractivity contribution in [2.24, 2.45) is 0 Å². The zero-order valence-corrected chi connectivity index (χ0v) is 8.82. The summed E-state index contributed by atoms with van der Waals surface area (Å²) in [7, 11) is 1.41. The second-order valence-corrected chi connectivity index (χ2v) is 3.60. The highest BCUT2D eigenvalue weighted by molar-refractivity contribution is 5.69. The van der Waals surface area contributed by atoms with E-state index in [1.807, 2.05) is 4.68 Å². The van der Waals surface area contributed by atoms with Crippen LogP contribution in [0.15, 0.2) is 6.07 Å². The van der Waals surface area contributed by atoms with Crippen molar-refractivity contribution in [2.75, 3.05) is 13.7 Å². The van der Waals surface area contributed by atoms with Crippen LogP contribution in [0, 0.1) is 0 Å². The molecule has 0 amide bonds. The Morgan fingerprint density at radius 3 is 3.33 bits per heavy atom. The zero-order chi connectivity index (χ0) is 10.7. The van der Waals surface area contributed by atoms with Crippen molar-refractivity contribution in [3.63, 3.8) is 0 Å². The summed E-state index contributed by atoms with van der Waals surface area (Å²) in [6.07, 6.45) is 1.06. The van der Waals surface area contributed by atoms with Gasteiger partial charge in [0, 0.05) is 19.5 Å². The van der Waals surface area contributed by atoms with Crippen LogP contribution in [-0.2, 0) is 29.0 Å². The fourth-order valence-electron chi connectivity index (χ4n) is 1.71. The molecule has 0 aromatic carbocycles. The molecule has 2 rings (SSSR count). The third kappa shape index (κ3) is 2.36. The fraction of sp³-hybridized carbons (Fsp3) is 0.600. The Morgan fingerprint density at radius 2 is 2.60 bits per heavy atom. The topological polar surface area (TPSA) is 56.2 Å². The van der Waals surface area contributed by atoms with E-state index < -0.39 is 0 Å². The van der Waals surface area contributed by atoms with E-state index in [4.69, 9.17) is 0 Å². The molecule has 0 atom stereocenters. The van der Waals surface area contributed by atoms with Gasteiger partial charge in [0.2, 0.25) is 0 Å². The van der Waals surface area contributed by atoms with E-state index in [1.54, 1.807) is 0 Å². The van der Waals surface area contributed by atoms with Crippen LogP contribution in [0.3, 0.4) is 0 Å². The molecule has 0 aliphatic carbocycles. The number of hydrogen-bond acceptors (Lipinski definition) is 4. The van der Waals surface area contributed by atoms with Gasteiger partial charge < -0.3 is 10.1 Å². The number of hydrogen-bond donors (Lipinski definition) is 1. The molecule has 1 aliphatic rings. The molecular formula is C10H15N3O2. The summed E-state index contributed by atoms with van der Waals surface area (Å²) < 4.78 is 6.59. The molecule has 0 unspecified atom stereocenters. The summed E-state index contributed by atoms with van der Waals surface area (Å²) in [6, 6.07) is 2.05. The quantitative estimate of drug-likeness (QED) is 0.717. The number of esters is 1. The molecule has 0 fully saturated rings. The molecule has 2 heterocycles. The highest BCUT2D eigenvalue weighted by Gasteiger charge is 2.12. The predicted molar refractivity (Wildman–Crippen MR) is 54.3 cm³/mol. The Morgan fingerprint density at radius 1 is 1.73 bits per heavy atom. The Hall–Kier alpha value is -1.36. The number of carbonyl (C=O) groups excluding carboxylic acids is 1. The molecule has 1 aliphatic heterocycles. The van der Waals surface area contributed by atoms with Crippen LogP contribution in [0.2, 0.25) is 0 Å². The van der Waals surface area contributed by atoms with Crippen LogP contribution >= 0.6 is 0 Å². The van der Waals surface area contributed by atoms with Gasteiger partial charge in [-0.25, -0.2) is 0 Å². The van der Waals surface area contributed by atoms with Crippen LogP contribution in [-0.4, -0.2) is 29.4 Å². The Balaban J connectivity index is 1.97. The van der Waals surface area contributed by atoms with Gasteiger partial charge in [-0.3, -0.25) is 9.48 Å². The number of methoxy groups -OCH3 is 1. The Kier molecular flexibility index (Phi) is 3.01. The average Bonchev–Trinajstić information content (AvgIpc) is 2.68. The second kappa shape index (κ2) is 4.44. The standard InChI is InChI=1S/C10H15N3O2/c1-15-10(14)3-2-8-6-9-7-11-4-5-13(9)12-8/h6,11H,2-5,7H2,1H3. The third-order valence-electron chi connectivity index (χ3n) is 2.53. The van der Waals surface area contributed by atoms with E-state index in [9.17, 15) is 4.79 Å². The minimum atomic E-state index is -0.181. The van der Waals surface area contributed by atoms with Crippen molar-refractivity contribution < 1.29 is 9.53 Å².